The van der Waals surface area contributed by atoms with E-state index in [0.717, 1.165) is 22.5 Å². The summed E-state index contributed by atoms with van der Waals surface area (Å²) in [6.45, 7) is 5.51. The van der Waals surface area contributed by atoms with Gasteiger partial charge in [0.05, 0.1) is 11.1 Å². The number of carbonyl (C=O) groups is 1. The molecule has 0 bridgehead atoms. The van der Waals surface area contributed by atoms with E-state index in [1.807, 2.05) is 19.1 Å². The Balaban J connectivity index is 2.08. The van der Waals surface area contributed by atoms with Crippen LogP contribution in [0.25, 0.3) is 0 Å². The number of ether oxygens (including phenoxy) is 2. The number of nitrogens with one attached hydrogen (secondary N) is 1. The first-order chi connectivity index (χ1) is 10.9. The average molecular weight is 385 g/mol. The summed E-state index contributed by atoms with van der Waals surface area (Å²) >= 11 is 3.53. The molecule has 1 N–H and O–H groups in total. The third kappa shape index (κ3) is 5.11. The molecule has 1 fully saturated rings. The van der Waals surface area contributed by atoms with Crippen LogP contribution in [0.15, 0.2) is 16.6 Å². The number of likely N-dealkylation sites (N-methyl/N-ethyl adjacent to an activating group) is 1. The summed E-state index contributed by atoms with van der Waals surface area (Å²) in [5, 5.41) is 3.53. The Bertz CT molecular complexity index is 563. The number of hydrogen-bond donors (Lipinski definition) is 1. The maximum Gasteiger partial charge on any atom is 0.259 e. The lowest BCUT2D eigenvalue weighted by atomic mass is 10.2. The number of rotatable bonds is 8. The monoisotopic (exact) mass is 384 g/mol. The molecule has 6 heteroatoms. The second kappa shape index (κ2) is 8.02. The Morgan fingerprint density at radius 1 is 1.39 bits per heavy atom. The number of amides is 1. The van der Waals surface area contributed by atoms with Gasteiger partial charge in [-0.15, -0.1) is 0 Å². The molecule has 0 aromatic heterocycles. The second-order valence-electron chi connectivity index (χ2n) is 6.12. The van der Waals surface area contributed by atoms with Crippen molar-refractivity contribution in [3.05, 3.63) is 22.2 Å². The molecular formula is C17H25BrN2O3. The standard InChI is InChI=1S/C17H25BrN2O3/c1-5-22-15-8-12(9-19-14-6-11(14)2)7-13(18)17(15)23-10-16(21)20(3)4/h7-8,11,14,19H,5-6,9-10H2,1-4H3/t11-,14+/m1/s1. The SMILES string of the molecule is CCOc1cc(CN[C@H]2C[C@H]2C)cc(Br)c1OCC(=O)N(C)C. The molecule has 0 radical (unpaired) electrons. The van der Waals surface area contributed by atoms with Crippen LogP contribution in [0.2, 0.25) is 0 Å². The lowest BCUT2D eigenvalue weighted by Gasteiger charge is -2.17. The molecule has 0 spiro atoms. The molecule has 23 heavy (non-hydrogen) atoms. The van der Waals surface area contributed by atoms with Crippen LogP contribution in [0.3, 0.4) is 0 Å². The van der Waals surface area contributed by atoms with Crippen molar-refractivity contribution in [1.82, 2.24) is 10.2 Å². The van der Waals surface area contributed by atoms with Crippen molar-refractivity contribution in [2.45, 2.75) is 32.9 Å². The van der Waals surface area contributed by atoms with Gasteiger partial charge in [-0.25, -0.2) is 0 Å². The highest BCUT2D eigenvalue weighted by Gasteiger charge is 2.31. The predicted molar refractivity (Wildman–Crippen MR) is 93.9 cm³/mol. The Morgan fingerprint density at radius 2 is 2.09 bits per heavy atom. The lowest BCUT2D eigenvalue weighted by Crippen LogP contribution is -2.27. The molecule has 0 aliphatic heterocycles. The molecule has 1 aromatic carbocycles. The first-order valence-corrected chi connectivity index (χ1v) is 8.73. The van der Waals surface area contributed by atoms with Crippen molar-refractivity contribution in [2.75, 3.05) is 27.3 Å². The van der Waals surface area contributed by atoms with E-state index in [1.54, 1.807) is 14.1 Å². The van der Waals surface area contributed by atoms with E-state index in [-0.39, 0.29) is 12.5 Å². The zero-order valence-electron chi connectivity index (χ0n) is 14.2. The molecule has 5 nitrogen and oxygen atoms in total. The molecule has 1 aliphatic carbocycles. The topological polar surface area (TPSA) is 50.8 Å². The summed E-state index contributed by atoms with van der Waals surface area (Å²) in [6, 6.07) is 4.61. The van der Waals surface area contributed by atoms with Crippen LogP contribution < -0.4 is 14.8 Å². The second-order valence-corrected chi connectivity index (χ2v) is 6.97. The van der Waals surface area contributed by atoms with Gasteiger partial charge in [0.15, 0.2) is 18.1 Å². The van der Waals surface area contributed by atoms with Crippen molar-refractivity contribution >= 4 is 21.8 Å². The van der Waals surface area contributed by atoms with Crippen LogP contribution in [-0.4, -0.2) is 44.2 Å². The molecule has 1 aliphatic rings. The minimum absolute atomic E-state index is 0.0111. The van der Waals surface area contributed by atoms with Crippen LogP contribution in [0, 0.1) is 5.92 Å². The van der Waals surface area contributed by atoms with Crippen LogP contribution in [0.4, 0.5) is 0 Å². The van der Waals surface area contributed by atoms with Crippen molar-refractivity contribution in [3.63, 3.8) is 0 Å². The van der Waals surface area contributed by atoms with Gasteiger partial charge in [0.2, 0.25) is 0 Å². The molecule has 0 saturated heterocycles. The minimum atomic E-state index is -0.0900. The molecule has 0 heterocycles. The van der Waals surface area contributed by atoms with E-state index in [0.29, 0.717) is 24.1 Å². The van der Waals surface area contributed by atoms with E-state index >= 15 is 0 Å². The number of hydrogen-bond acceptors (Lipinski definition) is 4. The number of halogens is 1. The van der Waals surface area contributed by atoms with Crippen LogP contribution in [0.1, 0.15) is 25.8 Å². The summed E-state index contributed by atoms with van der Waals surface area (Å²) in [6.07, 6.45) is 1.24. The highest BCUT2D eigenvalue weighted by atomic mass is 79.9. The van der Waals surface area contributed by atoms with Crippen molar-refractivity contribution < 1.29 is 14.3 Å². The van der Waals surface area contributed by atoms with Crippen LogP contribution in [0.5, 0.6) is 11.5 Å². The maximum absolute atomic E-state index is 11.7. The van der Waals surface area contributed by atoms with Gasteiger partial charge in [-0.1, -0.05) is 6.92 Å². The van der Waals surface area contributed by atoms with Gasteiger partial charge in [-0.3, -0.25) is 4.79 Å². The third-order valence-electron chi connectivity index (χ3n) is 3.89. The Kier molecular flexibility index (Phi) is 6.30. The Hall–Kier alpha value is -1.27. The zero-order chi connectivity index (χ0) is 17.0. The van der Waals surface area contributed by atoms with E-state index in [1.165, 1.54) is 11.3 Å². The fourth-order valence-corrected chi connectivity index (χ4v) is 2.85. The van der Waals surface area contributed by atoms with E-state index in [4.69, 9.17) is 9.47 Å². The fraction of sp³-hybridized carbons (Fsp3) is 0.588. The van der Waals surface area contributed by atoms with Crippen LogP contribution >= 0.6 is 15.9 Å². The van der Waals surface area contributed by atoms with Gasteiger partial charge in [0.1, 0.15) is 0 Å². The molecule has 1 amide bonds. The smallest absolute Gasteiger partial charge is 0.259 e. The first kappa shape index (κ1) is 18.1. The zero-order valence-corrected chi connectivity index (χ0v) is 15.8. The molecule has 128 valence electrons. The largest absolute Gasteiger partial charge is 0.490 e. The molecule has 0 unspecified atom stereocenters. The Labute approximate surface area is 146 Å². The Morgan fingerprint density at radius 3 is 2.65 bits per heavy atom. The van der Waals surface area contributed by atoms with Gasteiger partial charge >= 0.3 is 0 Å². The van der Waals surface area contributed by atoms with Gasteiger partial charge in [-0.2, -0.15) is 0 Å². The highest BCUT2D eigenvalue weighted by molar-refractivity contribution is 9.10. The molecule has 2 rings (SSSR count). The summed E-state index contributed by atoms with van der Waals surface area (Å²) in [5.74, 6) is 1.91. The summed E-state index contributed by atoms with van der Waals surface area (Å²) in [7, 11) is 3.41. The number of nitrogens with zero attached hydrogens (tertiary/aromatic N) is 1. The maximum atomic E-state index is 11.7. The summed E-state index contributed by atoms with van der Waals surface area (Å²) < 4.78 is 12.2. The van der Waals surface area contributed by atoms with Gasteiger partial charge in [-0.05, 0) is 52.9 Å². The van der Waals surface area contributed by atoms with Gasteiger partial charge in [0.25, 0.3) is 5.91 Å². The lowest BCUT2D eigenvalue weighted by molar-refractivity contribution is -0.130. The number of benzene rings is 1. The molecule has 2 atom stereocenters. The molecule has 1 saturated carbocycles. The van der Waals surface area contributed by atoms with Crippen LogP contribution in [-0.2, 0) is 11.3 Å². The van der Waals surface area contributed by atoms with Gasteiger partial charge in [0, 0.05) is 26.7 Å². The summed E-state index contributed by atoms with van der Waals surface area (Å²) in [5.41, 5.74) is 1.13. The van der Waals surface area contributed by atoms with E-state index in [2.05, 4.69) is 28.2 Å². The van der Waals surface area contributed by atoms with Crippen molar-refractivity contribution in [3.8, 4) is 11.5 Å². The fourth-order valence-electron chi connectivity index (χ4n) is 2.24. The summed E-state index contributed by atoms with van der Waals surface area (Å²) in [4.78, 5) is 13.2. The molecule has 1 aromatic rings. The predicted octanol–water partition coefficient (Wildman–Crippen LogP) is 2.81. The quantitative estimate of drug-likeness (QED) is 0.748. The van der Waals surface area contributed by atoms with Crippen molar-refractivity contribution in [1.29, 1.82) is 0 Å². The first-order valence-electron chi connectivity index (χ1n) is 7.94. The van der Waals surface area contributed by atoms with Gasteiger partial charge < -0.3 is 19.7 Å². The van der Waals surface area contributed by atoms with E-state index < -0.39 is 0 Å². The highest BCUT2D eigenvalue weighted by Crippen LogP contribution is 2.37. The third-order valence-corrected chi connectivity index (χ3v) is 4.47. The van der Waals surface area contributed by atoms with E-state index in [9.17, 15) is 4.79 Å². The molecular weight excluding hydrogens is 360 g/mol. The average Bonchev–Trinajstić information content (AvgIpc) is 3.20. The normalized spacial score (nSPS) is 19.3. The van der Waals surface area contributed by atoms with Crippen molar-refractivity contribution in [2.24, 2.45) is 5.92 Å². The minimum Gasteiger partial charge on any atom is -0.490 e. The number of carbonyl (C=O) groups excluding carboxylic acids is 1.